The zero-order chi connectivity index (χ0) is 10.7. The van der Waals surface area contributed by atoms with Gasteiger partial charge in [-0.25, -0.2) is 9.97 Å². The van der Waals surface area contributed by atoms with Gasteiger partial charge in [0.1, 0.15) is 0 Å². The van der Waals surface area contributed by atoms with Gasteiger partial charge in [-0.2, -0.15) is 0 Å². The predicted molar refractivity (Wildman–Crippen MR) is 61.1 cm³/mol. The molecule has 0 saturated heterocycles. The Bertz CT molecular complexity index is 456. The molecule has 4 heteroatoms. The van der Waals surface area contributed by atoms with Crippen LogP contribution in [0.4, 0.5) is 0 Å². The van der Waals surface area contributed by atoms with E-state index in [4.69, 9.17) is 5.11 Å². The number of rotatable bonds is 2. The molecular formula is C11H9BrN2O. The molecule has 3 nitrogen and oxygen atoms in total. The van der Waals surface area contributed by atoms with Gasteiger partial charge in [0, 0.05) is 18.0 Å². The SMILES string of the molecule is OCc1ccccc1-c1ncc(Br)cn1. The van der Waals surface area contributed by atoms with E-state index < -0.39 is 0 Å². The molecule has 1 N–H and O–H groups in total. The summed E-state index contributed by atoms with van der Waals surface area (Å²) in [5.41, 5.74) is 1.70. The van der Waals surface area contributed by atoms with Crippen LogP contribution in [0.15, 0.2) is 41.1 Å². The summed E-state index contributed by atoms with van der Waals surface area (Å²) in [7, 11) is 0. The van der Waals surface area contributed by atoms with Crippen LogP contribution in [0.5, 0.6) is 0 Å². The highest BCUT2D eigenvalue weighted by atomic mass is 79.9. The highest BCUT2D eigenvalue weighted by molar-refractivity contribution is 9.10. The minimum atomic E-state index is -0.00437. The first kappa shape index (κ1) is 10.3. The first-order valence-electron chi connectivity index (χ1n) is 4.48. The molecule has 1 aromatic carbocycles. The average molecular weight is 265 g/mol. The topological polar surface area (TPSA) is 46.0 Å². The van der Waals surface area contributed by atoms with Crippen molar-refractivity contribution in [2.45, 2.75) is 6.61 Å². The minimum absolute atomic E-state index is 0.00437. The van der Waals surface area contributed by atoms with Crippen LogP contribution < -0.4 is 0 Å². The summed E-state index contributed by atoms with van der Waals surface area (Å²) in [5, 5.41) is 9.17. The van der Waals surface area contributed by atoms with E-state index in [-0.39, 0.29) is 6.61 Å². The highest BCUT2D eigenvalue weighted by Crippen LogP contribution is 2.20. The largest absolute Gasteiger partial charge is 0.392 e. The number of aliphatic hydroxyl groups is 1. The zero-order valence-corrected chi connectivity index (χ0v) is 9.48. The molecule has 1 aromatic heterocycles. The number of hydrogen-bond donors (Lipinski definition) is 1. The van der Waals surface area contributed by atoms with Gasteiger partial charge in [-0.3, -0.25) is 0 Å². The number of aromatic nitrogens is 2. The Balaban J connectivity index is 2.49. The normalized spacial score (nSPS) is 10.3. The molecule has 0 aliphatic rings. The van der Waals surface area contributed by atoms with Gasteiger partial charge in [-0.1, -0.05) is 24.3 Å². The van der Waals surface area contributed by atoms with E-state index in [1.807, 2.05) is 24.3 Å². The van der Waals surface area contributed by atoms with Gasteiger partial charge in [0.15, 0.2) is 5.82 Å². The molecule has 0 unspecified atom stereocenters. The highest BCUT2D eigenvalue weighted by Gasteiger charge is 2.05. The van der Waals surface area contributed by atoms with Gasteiger partial charge < -0.3 is 5.11 Å². The summed E-state index contributed by atoms with van der Waals surface area (Å²) >= 11 is 3.28. The Hall–Kier alpha value is -1.26. The number of halogens is 1. The second-order valence-electron chi connectivity index (χ2n) is 3.04. The van der Waals surface area contributed by atoms with E-state index in [0.717, 1.165) is 15.6 Å². The van der Waals surface area contributed by atoms with E-state index in [1.165, 1.54) is 0 Å². The smallest absolute Gasteiger partial charge is 0.159 e. The maximum atomic E-state index is 9.17. The molecule has 0 amide bonds. The van der Waals surface area contributed by atoms with Gasteiger partial charge in [-0.15, -0.1) is 0 Å². The van der Waals surface area contributed by atoms with Crippen LogP contribution >= 0.6 is 15.9 Å². The summed E-state index contributed by atoms with van der Waals surface area (Å²) in [6, 6.07) is 7.54. The van der Waals surface area contributed by atoms with Crippen LogP contribution in [0, 0.1) is 0 Å². The molecule has 2 aromatic rings. The molecule has 0 aliphatic carbocycles. The molecule has 15 heavy (non-hydrogen) atoms. The lowest BCUT2D eigenvalue weighted by Crippen LogP contribution is -1.93. The molecule has 0 aliphatic heterocycles. The van der Waals surface area contributed by atoms with E-state index in [2.05, 4.69) is 25.9 Å². The van der Waals surface area contributed by atoms with Crippen LogP contribution in [0.2, 0.25) is 0 Å². The van der Waals surface area contributed by atoms with Crippen molar-refractivity contribution < 1.29 is 5.11 Å². The third-order valence-electron chi connectivity index (χ3n) is 2.05. The van der Waals surface area contributed by atoms with Crippen molar-refractivity contribution in [2.75, 3.05) is 0 Å². The lowest BCUT2D eigenvalue weighted by Gasteiger charge is -2.04. The molecule has 1 heterocycles. The van der Waals surface area contributed by atoms with Gasteiger partial charge >= 0.3 is 0 Å². The number of benzene rings is 1. The van der Waals surface area contributed by atoms with Crippen LogP contribution in [0.25, 0.3) is 11.4 Å². The molecule has 0 radical (unpaired) electrons. The summed E-state index contributed by atoms with van der Waals surface area (Å²) < 4.78 is 0.840. The summed E-state index contributed by atoms with van der Waals surface area (Å²) in [4.78, 5) is 8.38. The second-order valence-corrected chi connectivity index (χ2v) is 3.96. The van der Waals surface area contributed by atoms with Crippen LogP contribution in [-0.2, 0) is 6.61 Å². The second kappa shape index (κ2) is 4.51. The summed E-state index contributed by atoms with van der Waals surface area (Å²) in [5.74, 6) is 0.628. The Morgan fingerprint density at radius 2 is 1.80 bits per heavy atom. The minimum Gasteiger partial charge on any atom is -0.392 e. The summed E-state index contributed by atoms with van der Waals surface area (Å²) in [6.07, 6.45) is 3.38. The van der Waals surface area contributed by atoms with E-state index in [1.54, 1.807) is 12.4 Å². The molecular weight excluding hydrogens is 256 g/mol. The van der Waals surface area contributed by atoms with Crippen LogP contribution in [-0.4, -0.2) is 15.1 Å². The zero-order valence-electron chi connectivity index (χ0n) is 7.89. The van der Waals surface area contributed by atoms with Gasteiger partial charge in [0.05, 0.1) is 11.1 Å². The Labute approximate surface area is 96.0 Å². The Morgan fingerprint density at radius 3 is 2.47 bits per heavy atom. The number of hydrogen-bond acceptors (Lipinski definition) is 3. The van der Waals surface area contributed by atoms with Crippen molar-refractivity contribution in [3.05, 3.63) is 46.7 Å². The van der Waals surface area contributed by atoms with E-state index in [9.17, 15) is 0 Å². The van der Waals surface area contributed by atoms with Gasteiger partial charge in [0.25, 0.3) is 0 Å². The number of nitrogens with zero attached hydrogens (tertiary/aromatic N) is 2. The third-order valence-corrected chi connectivity index (χ3v) is 2.46. The van der Waals surface area contributed by atoms with Gasteiger partial charge in [-0.05, 0) is 21.5 Å². The van der Waals surface area contributed by atoms with Crippen molar-refractivity contribution in [1.29, 1.82) is 0 Å². The fourth-order valence-electron chi connectivity index (χ4n) is 1.33. The lowest BCUT2D eigenvalue weighted by molar-refractivity contribution is 0.282. The van der Waals surface area contributed by atoms with Crippen LogP contribution in [0.1, 0.15) is 5.56 Å². The van der Waals surface area contributed by atoms with Crippen molar-refractivity contribution in [1.82, 2.24) is 9.97 Å². The van der Waals surface area contributed by atoms with Crippen molar-refractivity contribution in [3.8, 4) is 11.4 Å². The fourth-order valence-corrected chi connectivity index (χ4v) is 1.53. The maximum Gasteiger partial charge on any atom is 0.159 e. The van der Waals surface area contributed by atoms with E-state index in [0.29, 0.717) is 5.82 Å². The lowest BCUT2D eigenvalue weighted by atomic mass is 10.1. The molecule has 0 fully saturated rings. The first-order chi connectivity index (χ1) is 7.31. The van der Waals surface area contributed by atoms with Crippen molar-refractivity contribution >= 4 is 15.9 Å². The molecule has 0 spiro atoms. The molecule has 76 valence electrons. The Kier molecular flexibility index (Phi) is 3.08. The standard InChI is InChI=1S/C11H9BrN2O/c12-9-5-13-11(14-6-9)10-4-2-1-3-8(10)7-15/h1-6,15H,7H2. The molecule has 0 bridgehead atoms. The third kappa shape index (κ3) is 2.22. The van der Waals surface area contributed by atoms with Crippen molar-refractivity contribution in [2.24, 2.45) is 0 Å². The van der Waals surface area contributed by atoms with E-state index >= 15 is 0 Å². The molecule has 0 atom stereocenters. The number of aliphatic hydroxyl groups excluding tert-OH is 1. The molecule has 2 rings (SSSR count). The van der Waals surface area contributed by atoms with Crippen LogP contribution in [0.3, 0.4) is 0 Å². The first-order valence-corrected chi connectivity index (χ1v) is 5.27. The van der Waals surface area contributed by atoms with Crippen molar-refractivity contribution in [3.63, 3.8) is 0 Å². The monoisotopic (exact) mass is 264 g/mol. The quantitative estimate of drug-likeness (QED) is 0.906. The van der Waals surface area contributed by atoms with Gasteiger partial charge in [0.2, 0.25) is 0 Å². The fraction of sp³-hybridized carbons (Fsp3) is 0.0909. The molecule has 0 saturated carbocycles. The summed E-state index contributed by atoms with van der Waals surface area (Å²) in [6.45, 7) is -0.00437. The predicted octanol–water partition coefficient (Wildman–Crippen LogP) is 2.40. The maximum absolute atomic E-state index is 9.17. The Morgan fingerprint density at radius 1 is 1.13 bits per heavy atom. The average Bonchev–Trinajstić information content (AvgIpc) is 2.30.